The van der Waals surface area contributed by atoms with E-state index in [2.05, 4.69) is 16.0 Å². The van der Waals surface area contributed by atoms with Crippen LogP contribution in [0, 0.1) is 16.0 Å². The summed E-state index contributed by atoms with van der Waals surface area (Å²) in [6.07, 6.45) is -3.32. The van der Waals surface area contributed by atoms with Gasteiger partial charge in [0.05, 0.1) is 12.0 Å². The second-order valence-electron chi connectivity index (χ2n) is 5.89. The molecule has 0 saturated heterocycles. The van der Waals surface area contributed by atoms with Crippen molar-refractivity contribution in [2.75, 3.05) is 6.54 Å². The Bertz CT molecular complexity index is 1110. The topological polar surface area (TPSA) is 86.5 Å². The zero-order valence-corrected chi connectivity index (χ0v) is 15.2. The minimum Gasteiger partial charge on any atom is -0.348 e. The first-order valence-corrected chi connectivity index (χ1v) is 8.66. The van der Waals surface area contributed by atoms with Gasteiger partial charge in [0.1, 0.15) is 27.3 Å². The molecule has 28 heavy (non-hydrogen) atoms. The Morgan fingerprint density at radius 1 is 1.32 bits per heavy atom. The number of fused-ring (bicyclic) bond motifs is 1. The van der Waals surface area contributed by atoms with Gasteiger partial charge in [0.15, 0.2) is 0 Å². The number of halogens is 3. The normalized spacial score (nSPS) is 11.4. The van der Waals surface area contributed by atoms with Crippen molar-refractivity contribution in [1.82, 2.24) is 19.9 Å². The van der Waals surface area contributed by atoms with E-state index in [9.17, 15) is 23.2 Å². The van der Waals surface area contributed by atoms with E-state index in [1.54, 1.807) is 4.57 Å². The zero-order valence-electron chi connectivity index (χ0n) is 14.4. The molecule has 0 aliphatic heterocycles. The summed E-state index contributed by atoms with van der Waals surface area (Å²) < 4.78 is 39.1. The van der Waals surface area contributed by atoms with Crippen molar-refractivity contribution in [2.24, 2.45) is 0 Å². The SMILES string of the molecule is N#Cc1c(-c2ccccc2)n(CCCNC(=O)C(F)(F)F)c2c(=S)[nH]cnc12. The van der Waals surface area contributed by atoms with Gasteiger partial charge in [-0.2, -0.15) is 18.4 Å². The number of nitrogens with one attached hydrogen (secondary N) is 2. The van der Waals surface area contributed by atoms with Crippen LogP contribution in [0.25, 0.3) is 22.3 Å². The second kappa shape index (κ2) is 7.82. The number of benzene rings is 1. The van der Waals surface area contributed by atoms with Gasteiger partial charge in [0, 0.05) is 13.1 Å². The van der Waals surface area contributed by atoms with E-state index in [1.807, 2.05) is 35.6 Å². The number of hydrogen-bond acceptors (Lipinski definition) is 4. The highest BCUT2D eigenvalue weighted by Gasteiger charge is 2.38. The van der Waals surface area contributed by atoms with Gasteiger partial charge < -0.3 is 14.9 Å². The van der Waals surface area contributed by atoms with Crippen molar-refractivity contribution >= 4 is 29.2 Å². The Kier molecular flexibility index (Phi) is 5.46. The molecule has 3 aromatic rings. The number of aromatic nitrogens is 3. The van der Waals surface area contributed by atoms with Crippen molar-refractivity contribution in [3.8, 4) is 17.3 Å². The molecule has 1 aromatic carbocycles. The van der Waals surface area contributed by atoms with Crippen molar-refractivity contribution < 1.29 is 18.0 Å². The van der Waals surface area contributed by atoms with E-state index in [1.165, 1.54) is 6.33 Å². The molecule has 6 nitrogen and oxygen atoms in total. The molecule has 0 saturated carbocycles. The maximum absolute atomic E-state index is 12.3. The highest BCUT2D eigenvalue weighted by atomic mass is 32.1. The van der Waals surface area contributed by atoms with Crippen LogP contribution in [0.4, 0.5) is 13.2 Å². The van der Waals surface area contributed by atoms with Crippen LogP contribution < -0.4 is 5.32 Å². The van der Waals surface area contributed by atoms with E-state index in [-0.39, 0.29) is 19.5 Å². The number of alkyl halides is 3. The Hall–Kier alpha value is -3.19. The fraction of sp³-hybridized carbons (Fsp3) is 0.222. The minimum absolute atomic E-state index is 0.176. The van der Waals surface area contributed by atoms with Crippen molar-refractivity contribution in [3.63, 3.8) is 0 Å². The predicted octanol–water partition coefficient (Wildman–Crippen LogP) is 3.70. The molecular weight excluding hydrogens is 391 g/mol. The van der Waals surface area contributed by atoms with Crippen LogP contribution in [0.15, 0.2) is 36.7 Å². The Balaban J connectivity index is 2.00. The third-order valence-corrected chi connectivity index (χ3v) is 4.41. The molecule has 1 amide bonds. The van der Waals surface area contributed by atoms with E-state index in [0.29, 0.717) is 26.9 Å². The van der Waals surface area contributed by atoms with E-state index in [4.69, 9.17) is 12.2 Å². The van der Waals surface area contributed by atoms with Gasteiger partial charge in [-0.1, -0.05) is 42.5 Å². The molecule has 0 atom stereocenters. The summed E-state index contributed by atoms with van der Waals surface area (Å²) in [5.41, 5.74) is 2.62. The maximum atomic E-state index is 12.3. The van der Waals surface area contributed by atoms with Gasteiger partial charge >= 0.3 is 12.1 Å². The Morgan fingerprint density at radius 2 is 2.04 bits per heavy atom. The molecule has 144 valence electrons. The lowest BCUT2D eigenvalue weighted by Crippen LogP contribution is -2.37. The van der Waals surface area contributed by atoms with Crippen LogP contribution in [0.1, 0.15) is 12.0 Å². The molecule has 0 aliphatic carbocycles. The standard InChI is InChI=1S/C18H14F3N5OS/c19-18(20,21)17(27)23-7-4-8-26-14(11-5-2-1-3-6-11)12(9-22)13-15(26)16(28)25-10-24-13/h1-3,5-6,10H,4,7-8H2,(H,23,27)(H,24,25,28). The molecule has 0 bridgehead atoms. The van der Waals surface area contributed by atoms with Gasteiger partial charge in [-0.15, -0.1) is 0 Å². The summed E-state index contributed by atoms with van der Waals surface area (Å²) in [5.74, 6) is -1.98. The van der Waals surface area contributed by atoms with Crippen molar-refractivity contribution in [3.05, 3.63) is 46.9 Å². The van der Waals surface area contributed by atoms with Crippen LogP contribution in [0.3, 0.4) is 0 Å². The number of rotatable bonds is 5. The minimum atomic E-state index is -4.92. The zero-order chi connectivity index (χ0) is 20.3. The summed E-state index contributed by atoms with van der Waals surface area (Å²) in [6.45, 7) is 0.0641. The largest absolute Gasteiger partial charge is 0.471 e. The first-order chi connectivity index (χ1) is 13.3. The maximum Gasteiger partial charge on any atom is 0.471 e. The molecule has 0 spiro atoms. The molecule has 0 unspecified atom stereocenters. The molecule has 2 aromatic heterocycles. The second-order valence-corrected chi connectivity index (χ2v) is 6.30. The van der Waals surface area contributed by atoms with Gasteiger partial charge in [-0.25, -0.2) is 4.98 Å². The summed E-state index contributed by atoms with van der Waals surface area (Å²) >= 11 is 5.34. The molecule has 10 heteroatoms. The number of H-pyrrole nitrogens is 1. The first-order valence-electron chi connectivity index (χ1n) is 8.25. The predicted molar refractivity (Wildman–Crippen MR) is 98.8 cm³/mol. The molecule has 2 N–H and O–H groups in total. The molecule has 3 rings (SSSR count). The van der Waals surface area contributed by atoms with Crippen molar-refractivity contribution in [1.29, 1.82) is 5.26 Å². The van der Waals surface area contributed by atoms with Crippen LogP contribution in [-0.2, 0) is 11.3 Å². The number of hydrogen-bond donors (Lipinski definition) is 2. The smallest absolute Gasteiger partial charge is 0.348 e. The third-order valence-electron chi connectivity index (χ3n) is 4.10. The molecule has 2 heterocycles. The van der Waals surface area contributed by atoms with Crippen molar-refractivity contribution in [2.45, 2.75) is 19.1 Å². The molecule has 0 radical (unpaired) electrons. The molecule has 0 fully saturated rings. The van der Waals surface area contributed by atoms with Gasteiger partial charge in [-0.05, 0) is 12.0 Å². The Labute approximate surface area is 162 Å². The summed E-state index contributed by atoms with van der Waals surface area (Å²) in [6, 6.07) is 11.3. The van der Waals surface area contributed by atoms with E-state index >= 15 is 0 Å². The highest BCUT2D eigenvalue weighted by Crippen LogP contribution is 2.32. The van der Waals surface area contributed by atoms with Gasteiger partial charge in [0.2, 0.25) is 0 Å². The van der Waals surface area contributed by atoms with E-state index < -0.39 is 12.1 Å². The number of aryl methyl sites for hydroxylation is 1. The van der Waals surface area contributed by atoms with Gasteiger partial charge in [-0.3, -0.25) is 4.79 Å². The fourth-order valence-electron chi connectivity index (χ4n) is 2.95. The monoisotopic (exact) mass is 405 g/mol. The molecular formula is C18H14F3N5OS. The number of aromatic amines is 1. The van der Waals surface area contributed by atoms with Crippen LogP contribution in [0.2, 0.25) is 0 Å². The number of carbonyl (C=O) groups excluding carboxylic acids is 1. The van der Waals surface area contributed by atoms with Crippen LogP contribution >= 0.6 is 12.2 Å². The van der Waals surface area contributed by atoms with Crippen LogP contribution in [-0.4, -0.2) is 33.2 Å². The summed E-state index contributed by atoms with van der Waals surface area (Å²) in [5, 5.41) is 11.5. The number of amides is 1. The van der Waals surface area contributed by atoms with Crippen LogP contribution in [0.5, 0.6) is 0 Å². The number of nitriles is 1. The lowest BCUT2D eigenvalue weighted by molar-refractivity contribution is -0.173. The Morgan fingerprint density at radius 3 is 2.68 bits per heavy atom. The molecule has 0 aliphatic rings. The average Bonchev–Trinajstić information content (AvgIpc) is 2.99. The summed E-state index contributed by atoms with van der Waals surface area (Å²) in [7, 11) is 0. The highest BCUT2D eigenvalue weighted by molar-refractivity contribution is 7.71. The summed E-state index contributed by atoms with van der Waals surface area (Å²) in [4.78, 5) is 18.0. The lowest BCUT2D eigenvalue weighted by atomic mass is 10.1. The third kappa shape index (κ3) is 3.75. The fourth-order valence-corrected chi connectivity index (χ4v) is 3.21. The van der Waals surface area contributed by atoms with E-state index in [0.717, 1.165) is 5.56 Å². The average molecular weight is 405 g/mol. The van der Waals surface area contributed by atoms with Gasteiger partial charge in [0.25, 0.3) is 0 Å². The number of nitrogens with zero attached hydrogens (tertiary/aromatic N) is 3. The lowest BCUT2D eigenvalue weighted by Gasteiger charge is -2.12. The quantitative estimate of drug-likeness (QED) is 0.501. The number of carbonyl (C=O) groups is 1. The first kappa shape index (κ1) is 19.6.